The number of hydrogen-bond donors (Lipinski definition) is 1. The minimum Gasteiger partial charge on any atom is -0.492 e. The molecular weight excluding hydrogens is 526 g/mol. The first-order valence-electron chi connectivity index (χ1n) is 13.4. The number of likely N-dealkylation sites (N-methyl/N-ethyl adjacent to an activating group) is 1. The summed E-state index contributed by atoms with van der Waals surface area (Å²) in [4.78, 5) is 28.5. The predicted octanol–water partition coefficient (Wildman–Crippen LogP) is 4.33. The summed E-state index contributed by atoms with van der Waals surface area (Å²) in [5.41, 5.74) is 3.34. The number of benzene rings is 3. The second-order valence-electron chi connectivity index (χ2n) is 9.61. The Bertz CT molecular complexity index is 1380. The van der Waals surface area contributed by atoms with Crippen LogP contribution < -0.4 is 14.4 Å². The number of amides is 2. The number of carbonyl (C=O) groups is 2. The summed E-state index contributed by atoms with van der Waals surface area (Å²) in [5, 5.41) is 2.72. The topological polar surface area (TPSA) is 96.0 Å². The van der Waals surface area contributed by atoms with Crippen molar-refractivity contribution >= 4 is 27.5 Å². The van der Waals surface area contributed by atoms with E-state index in [1.807, 2.05) is 68.4 Å². The lowest BCUT2D eigenvalue weighted by Gasteiger charge is -2.32. The summed E-state index contributed by atoms with van der Waals surface area (Å²) in [5.74, 6) is -0.0148. The molecule has 0 unspecified atom stereocenters. The molecule has 0 heterocycles. The summed E-state index contributed by atoms with van der Waals surface area (Å²) >= 11 is 0. The highest BCUT2D eigenvalue weighted by molar-refractivity contribution is 7.92. The Hall–Kier alpha value is -3.85. The number of carbonyl (C=O) groups excluding carboxylic acids is 2. The zero-order valence-corrected chi connectivity index (χ0v) is 24.5. The minimum absolute atomic E-state index is 0.0665. The van der Waals surface area contributed by atoms with Gasteiger partial charge in [-0.25, -0.2) is 8.42 Å². The van der Waals surface area contributed by atoms with Crippen molar-refractivity contribution in [2.24, 2.45) is 0 Å². The molecule has 0 radical (unpaired) electrons. The van der Waals surface area contributed by atoms with Gasteiger partial charge in [0, 0.05) is 33.0 Å². The minimum atomic E-state index is -3.64. The van der Waals surface area contributed by atoms with E-state index >= 15 is 0 Å². The van der Waals surface area contributed by atoms with Crippen molar-refractivity contribution in [3.8, 4) is 5.75 Å². The lowest BCUT2D eigenvalue weighted by molar-refractivity contribution is -0.141. The highest BCUT2D eigenvalue weighted by Gasteiger charge is 2.30. The van der Waals surface area contributed by atoms with Gasteiger partial charge >= 0.3 is 0 Å². The van der Waals surface area contributed by atoms with Crippen molar-refractivity contribution in [3.05, 3.63) is 95.6 Å². The normalized spacial score (nSPS) is 11.9. The van der Waals surface area contributed by atoms with Gasteiger partial charge in [-0.1, -0.05) is 66.7 Å². The molecule has 0 spiro atoms. The fourth-order valence-electron chi connectivity index (χ4n) is 4.61. The highest BCUT2D eigenvalue weighted by Crippen LogP contribution is 2.30. The molecule has 1 atom stereocenters. The quantitative estimate of drug-likeness (QED) is 0.314. The van der Waals surface area contributed by atoms with Crippen molar-refractivity contribution in [1.82, 2.24) is 10.2 Å². The van der Waals surface area contributed by atoms with Crippen molar-refractivity contribution < 1.29 is 22.7 Å². The summed E-state index contributed by atoms with van der Waals surface area (Å²) in [6.07, 6.45) is 1.83. The molecule has 3 rings (SSSR count). The van der Waals surface area contributed by atoms with E-state index in [2.05, 4.69) is 5.32 Å². The zero-order valence-electron chi connectivity index (χ0n) is 23.7. The van der Waals surface area contributed by atoms with Crippen LogP contribution in [0, 0.1) is 6.92 Å². The lowest BCUT2D eigenvalue weighted by atomic mass is 10.0. The van der Waals surface area contributed by atoms with E-state index in [9.17, 15) is 18.0 Å². The molecule has 0 aliphatic carbocycles. The van der Waals surface area contributed by atoms with E-state index in [0.717, 1.165) is 22.9 Å². The van der Waals surface area contributed by atoms with Gasteiger partial charge in [0.15, 0.2) is 0 Å². The van der Waals surface area contributed by atoms with Gasteiger partial charge in [-0.2, -0.15) is 0 Å². The van der Waals surface area contributed by atoms with E-state index in [1.54, 1.807) is 36.2 Å². The van der Waals surface area contributed by atoms with E-state index < -0.39 is 16.1 Å². The third kappa shape index (κ3) is 8.32. The van der Waals surface area contributed by atoms with Gasteiger partial charge in [0.25, 0.3) is 0 Å². The monoisotopic (exact) mass is 565 g/mol. The Morgan fingerprint density at radius 3 is 2.25 bits per heavy atom. The molecular formula is C31H39N3O5S. The molecule has 0 saturated heterocycles. The Morgan fingerprint density at radius 1 is 0.950 bits per heavy atom. The van der Waals surface area contributed by atoms with Crippen LogP contribution in [0.5, 0.6) is 5.75 Å². The van der Waals surface area contributed by atoms with Crippen LogP contribution in [0.3, 0.4) is 0 Å². The number of nitrogens with zero attached hydrogens (tertiary/aromatic N) is 2. The number of aryl methyl sites for hydroxylation is 1. The Kier molecular flexibility index (Phi) is 11.1. The first-order chi connectivity index (χ1) is 19.2. The molecule has 3 aromatic rings. The van der Waals surface area contributed by atoms with Crippen molar-refractivity contribution in [1.29, 1.82) is 0 Å². The third-order valence-electron chi connectivity index (χ3n) is 6.71. The number of sulfonamides is 1. The van der Waals surface area contributed by atoms with Crippen molar-refractivity contribution in [3.63, 3.8) is 0 Å². The standard InChI is InChI=1S/C31H39N3O5S/c1-5-39-29-19-12-11-18-27(29)34(40(4,37)38)21-13-20-30(35)33(23-26-17-10-9-14-24(26)2)28(31(36)32-3)22-25-15-7-6-8-16-25/h6-12,14-19,28H,5,13,20-23H2,1-4H3,(H,32,36)/t28-/m0/s1. The van der Waals surface area contributed by atoms with Gasteiger partial charge in [-0.3, -0.25) is 13.9 Å². The molecule has 0 aliphatic rings. The molecule has 3 aromatic carbocycles. The second-order valence-corrected chi connectivity index (χ2v) is 11.5. The van der Waals surface area contributed by atoms with Crippen LogP contribution in [0.4, 0.5) is 5.69 Å². The first-order valence-corrected chi connectivity index (χ1v) is 15.3. The van der Waals surface area contributed by atoms with E-state index in [0.29, 0.717) is 24.5 Å². The van der Waals surface area contributed by atoms with Gasteiger partial charge in [0.1, 0.15) is 11.8 Å². The van der Waals surface area contributed by atoms with Crippen LogP contribution in [0.25, 0.3) is 0 Å². The highest BCUT2D eigenvalue weighted by atomic mass is 32.2. The lowest BCUT2D eigenvalue weighted by Crippen LogP contribution is -2.50. The first kappa shape index (κ1) is 30.7. The molecule has 214 valence electrons. The SMILES string of the molecule is CCOc1ccccc1N(CCCC(=O)N(Cc1ccccc1C)[C@@H](Cc1ccccc1)C(=O)NC)S(C)(=O)=O. The Labute approximate surface area is 238 Å². The molecule has 0 aromatic heterocycles. The molecule has 0 bridgehead atoms. The Morgan fingerprint density at radius 2 is 1.60 bits per heavy atom. The number of anilines is 1. The molecule has 8 nitrogen and oxygen atoms in total. The fraction of sp³-hybridized carbons (Fsp3) is 0.355. The van der Waals surface area contributed by atoms with Gasteiger partial charge in [0.2, 0.25) is 21.8 Å². The maximum absolute atomic E-state index is 13.8. The number of rotatable bonds is 14. The van der Waals surface area contributed by atoms with Crippen LogP contribution in [0.1, 0.15) is 36.5 Å². The number of ether oxygens (including phenoxy) is 1. The number of para-hydroxylation sites is 2. The third-order valence-corrected chi connectivity index (χ3v) is 7.89. The van der Waals surface area contributed by atoms with E-state index in [4.69, 9.17) is 4.74 Å². The molecule has 0 aliphatic heterocycles. The van der Waals surface area contributed by atoms with Gasteiger partial charge in [-0.15, -0.1) is 0 Å². The van der Waals surface area contributed by atoms with Gasteiger partial charge in [-0.05, 0) is 49.1 Å². The maximum atomic E-state index is 13.8. The average molecular weight is 566 g/mol. The predicted molar refractivity (Wildman–Crippen MR) is 159 cm³/mol. The fourth-order valence-corrected chi connectivity index (χ4v) is 5.58. The van der Waals surface area contributed by atoms with E-state index in [1.165, 1.54) is 4.31 Å². The number of nitrogens with one attached hydrogen (secondary N) is 1. The second kappa shape index (κ2) is 14.5. The van der Waals surface area contributed by atoms with Crippen molar-refractivity contribution in [2.75, 3.05) is 30.8 Å². The molecule has 9 heteroatoms. The molecule has 0 fully saturated rings. The summed E-state index contributed by atoms with van der Waals surface area (Å²) in [6, 6.07) is 23.6. The Balaban J connectivity index is 1.87. The average Bonchev–Trinajstić information content (AvgIpc) is 2.94. The molecule has 2 amide bonds. The maximum Gasteiger partial charge on any atom is 0.242 e. The summed E-state index contributed by atoms with van der Waals surface area (Å²) in [7, 11) is -2.08. The van der Waals surface area contributed by atoms with Crippen LogP contribution in [0.15, 0.2) is 78.9 Å². The zero-order chi connectivity index (χ0) is 29.1. The summed E-state index contributed by atoms with van der Waals surface area (Å²) < 4.78 is 32.4. The largest absolute Gasteiger partial charge is 0.492 e. The molecule has 40 heavy (non-hydrogen) atoms. The van der Waals surface area contributed by atoms with Gasteiger partial charge in [0.05, 0.1) is 18.6 Å². The number of hydrogen-bond acceptors (Lipinski definition) is 5. The molecule has 1 N–H and O–H groups in total. The van der Waals surface area contributed by atoms with E-state index in [-0.39, 0.29) is 37.7 Å². The summed E-state index contributed by atoms with van der Waals surface area (Å²) in [6.45, 7) is 4.56. The smallest absolute Gasteiger partial charge is 0.242 e. The van der Waals surface area contributed by atoms with Gasteiger partial charge < -0.3 is 15.0 Å². The van der Waals surface area contributed by atoms with Crippen LogP contribution in [-0.2, 0) is 32.6 Å². The molecule has 0 saturated carbocycles. The van der Waals surface area contributed by atoms with Crippen molar-refractivity contribution in [2.45, 2.75) is 45.7 Å². The van der Waals surface area contributed by atoms with Crippen LogP contribution in [-0.4, -0.2) is 57.6 Å². The van der Waals surface area contributed by atoms with Crippen LogP contribution in [0.2, 0.25) is 0 Å². The van der Waals surface area contributed by atoms with Crippen LogP contribution >= 0.6 is 0 Å².